The number of ether oxygens (including phenoxy) is 1. The molecule has 0 aliphatic carbocycles. The van der Waals surface area contributed by atoms with Crippen LogP contribution in [0.25, 0.3) is 0 Å². The maximum Gasteiger partial charge on any atom is 0.259 e. The normalized spacial score (nSPS) is 10.1. The minimum Gasteiger partial charge on any atom is -0.507 e. The molecule has 0 heterocycles. The van der Waals surface area contributed by atoms with Crippen molar-refractivity contribution in [3.63, 3.8) is 0 Å². The fourth-order valence-corrected chi connectivity index (χ4v) is 2.29. The minimum absolute atomic E-state index is 0.119. The summed E-state index contributed by atoms with van der Waals surface area (Å²) in [7, 11) is 0. The van der Waals surface area contributed by atoms with E-state index in [1.165, 1.54) is 12.1 Å². The van der Waals surface area contributed by atoms with Crippen LogP contribution in [0.1, 0.15) is 20.7 Å². The van der Waals surface area contributed by atoms with Gasteiger partial charge in [-0.25, -0.2) is 0 Å². The highest BCUT2D eigenvalue weighted by atomic mass is 16.5. The zero-order chi connectivity index (χ0) is 17.6. The molecule has 0 bridgehead atoms. The predicted octanol–water partition coefficient (Wildman–Crippen LogP) is 4.25. The first-order chi connectivity index (χ1) is 12.2. The Labute approximate surface area is 144 Å². The number of rotatable bonds is 5. The van der Waals surface area contributed by atoms with Crippen molar-refractivity contribution >= 4 is 17.9 Å². The number of nitrogens with one attached hydrogen (secondary N) is 1. The molecule has 0 atom stereocenters. The molecule has 0 saturated heterocycles. The molecule has 0 radical (unpaired) electrons. The lowest BCUT2D eigenvalue weighted by atomic mass is 10.1. The van der Waals surface area contributed by atoms with E-state index in [2.05, 4.69) is 5.32 Å². The lowest BCUT2D eigenvalue weighted by Crippen LogP contribution is -2.13. The van der Waals surface area contributed by atoms with Gasteiger partial charge in [0.05, 0.1) is 11.3 Å². The van der Waals surface area contributed by atoms with Crippen LogP contribution in [0.2, 0.25) is 0 Å². The largest absolute Gasteiger partial charge is 0.507 e. The number of para-hydroxylation sites is 2. The summed E-state index contributed by atoms with van der Waals surface area (Å²) in [6.45, 7) is 0. The Morgan fingerprint density at radius 3 is 2.36 bits per heavy atom. The molecule has 3 aromatic carbocycles. The van der Waals surface area contributed by atoms with Gasteiger partial charge in [-0.2, -0.15) is 0 Å². The van der Waals surface area contributed by atoms with Gasteiger partial charge in [-0.05, 0) is 36.4 Å². The van der Waals surface area contributed by atoms with Gasteiger partial charge in [-0.1, -0.05) is 30.3 Å². The van der Waals surface area contributed by atoms with E-state index in [0.29, 0.717) is 29.0 Å². The number of aldehydes is 1. The fraction of sp³-hybridized carbons (Fsp3) is 0. The van der Waals surface area contributed by atoms with E-state index in [0.717, 1.165) is 0 Å². The lowest BCUT2D eigenvalue weighted by molar-refractivity contribution is 0.102. The second kappa shape index (κ2) is 7.31. The number of phenols is 1. The third-order valence-electron chi connectivity index (χ3n) is 3.53. The van der Waals surface area contributed by atoms with Gasteiger partial charge < -0.3 is 15.2 Å². The van der Waals surface area contributed by atoms with Gasteiger partial charge in [-0.15, -0.1) is 0 Å². The van der Waals surface area contributed by atoms with Gasteiger partial charge in [0, 0.05) is 11.6 Å². The van der Waals surface area contributed by atoms with Gasteiger partial charge in [0.2, 0.25) is 0 Å². The number of hydrogen-bond acceptors (Lipinski definition) is 4. The van der Waals surface area contributed by atoms with E-state index in [9.17, 15) is 14.7 Å². The second-order valence-electron chi connectivity index (χ2n) is 5.25. The highest BCUT2D eigenvalue weighted by molar-refractivity contribution is 6.08. The van der Waals surface area contributed by atoms with Crippen molar-refractivity contribution in [2.75, 3.05) is 5.32 Å². The van der Waals surface area contributed by atoms with E-state index >= 15 is 0 Å². The number of carbonyl (C=O) groups excluding carboxylic acids is 2. The van der Waals surface area contributed by atoms with Gasteiger partial charge >= 0.3 is 0 Å². The minimum atomic E-state index is -0.516. The van der Waals surface area contributed by atoms with Crippen LogP contribution in [0.4, 0.5) is 5.69 Å². The Morgan fingerprint density at radius 1 is 0.920 bits per heavy atom. The first-order valence-electron chi connectivity index (χ1n) is 7.59. The SMILES string of the molecule is O=Cc1ccc(Oc2ccccc2)cc1NC(=O)c1ccccc1O. The summed E-state index contributed by atoms with van der Waals surface area (Å²) in [5.74, 6) is 0.464. The summed E-state index contributed by atoms with van der Waals surface area (Å²) in [5.41, 5.74) is 0.731. The molecule has 25 heavy (non-hydrogen) atoms. The molecule has 124 valence electrons. The fourth-order valence-electron chi connectivity index (χ4n) is 2.29. The number of carbonyl (C=O) groups is 2. The van der Waals surface area contributed by atoms with Crippen molar-refractivity contribution in [1.29, 1.82) is 0 Å². The first kappa shape index (κ1) is 16.3. The average Bonchev–Trinajstić information content (AvgIpc) is 2.63. The van der Waals surface area contributed by atoms with Crippen LogP contribution in [-0.2, 0) is 0 Å². The summed E-state index contributed by atoms with van der Waals surface area (Å²) < 4.78 is 5.71. The van der Waals surface area contributed by atoms with Gasteiger partial charge in [0.15, 0.2) is 6.29 Å². The number of benzene rings is 3. The zero-order valence-electron chi connectivity index (χ0n) is 13.2. The number of anilines is 1. The third-order valence-corrected chi connectivity index (χ3v) is 3.53. The lowest BCUT2D eigenvalue weighted by Gasteiger charge is -2.11. The highest BCUT2D eigenvalue weighted by Gasteiger charge is 2.13. The van der Waals surface area contributed by atoms with Crippen molar-refractivity contribution in [3.8, 4) is 17.2 Å². The Bertz CT molecular complexity index is 907. The molecular formula is C20H15NO4. The molecule has 2 N–H and O–H groups in total. The maximum atomic E-state index is 12.3. The summed E-state index contributed by atoms with van der Waals surface area (Å²) in [6.07, 6.45) is 0.646. The van der Waals surface area contributed by atoms with Crippen molar-refractivity contribution in [2.45, 2.75) is 0 Å². The number of amides is 1. The summed E-state index contributed by atoms with van der Waals surface area (Å²) in [4.78, 5) is 23.6. The molecular weight excluding hydrogens is 318 g/mol. The Hall–Kier alpha value is -3.60. The van der Waals surface area contributed by atoms with E-state index < -0.39 is 5.91 Å². The van der Waals surface area contributed by atoms with Crippen LogP contribution in [-0.4, -0.2) is 17.3 Å². The van der Waals surface area contributed by atoms with E-state index in [-0.39, 0.29) is 11.3 Å². The molecule has 0 aliphatic rings. The van der Waals surface area contributed by atoms with Gasteiger partial charge in [0.25, 0.3) is 5.91 Å². The maximum absolute atomic E-state index is 12.3. The molecule has 5 heteroatoms. The van der Waals surface area contributed by atoms with Gasteiger partial charge in [0.1, 0.15) is 17.2 Å². The molecule has 3 aromatic rings. The standard InChI is InChI=1S/C20H15NO4/c22-13-14-10-11-16(25-15-6-2-1-3-7-15)12-18(14)21-20(24)17-8-4-5-9-19(17)23/h1-13,23H,(H,21,24). The number of phenolic OH excluding ortho intramolecular Hbond substituents is 1. The average molecular weight is 333 g/mol. The van der Waals surface area contributed by atoms with Crippen LogP contribution in [0, 0.1) is 0 Å². The van der Waals surface area contributed by atoms with Crippen molar-refractivity contribution in [3.05, 3.63) is 83.9 Å². The number of hydrogen-bond donors (Lipinski definition) is 2. The molecule has 0 aliphatic heterocycles. The zero-order valence-corrected chi connectivity index (χ0v) is 13.2. The van der Waals surface area contributed by atoms with E-state index in [1.807, 2.05) is 18.2 Å². The predicted molar refractivity (Wildman–Crippen MR) is 94.4 cm³/mol. The quantitative estimate of drug-likeness (QED) is 0.685. The van der Waals surface area contributed by atoms with E-state index in [1.54, 1.807) is 42.5 Å². The monoisotopic (exact) mass is 333 g/mol. The van der Waals surface area contributed by atoms with Crippen molar-refractivity contribution in [1.82, 2.24) is 0 Å². The van der Waals surface area contributed by atoms with Crippen LogP contribution >= 0.6 is 0 Å². The molecule has 0 aromatic heterocycles. The molecule has 0 fully saturated rings. The van der Waals surface area contributed by atoms with Crippen LogP contribution in [0.3, 0.4) is 0 Å². The summed E-state index contributed by atoms with van der Waals surface area (Å²) in [5, 5.41) is 12.4. The summed E-state index contributed by atoms with van der Waals surface area (Å²) in [6, 6.07) is 20.1. The van der Waals surface area contributed by atoms with Crippen LogP contribution in [0.15, 0.2) is 72.8 Å². The smallest absolute Gasteiger partial charge is 0.259 e. The van der Waals surface area contributed by atoms with Gasteiger partial charge in [-0.3, -0.25) is 9.59 Å². The van der Waals surface area contributed by atoms with E-state index in [4.69, 9.17) is 4.74 Å². The number of aromatic hydroxyl groups is 1. The first-order valence-corrected chi connectivity index (χ1v) is 7.59. The third kappa shape index (κ3) is 3.84. The summed E-state index contributed by atoms with van der Waals surface area (Å²) >= 11 is 0. The molecule has 0 saturated carbocycles. The Balaban J connectivity index is 1.87. The van der Waals surface area contributed by atoms with Crippen LogP contribution < -0.4 is 10.1 Å². The topological polar surface area (TPSA) is 75.6 Å². The molecule has 0 unspecified atom stereocenters. The second-order valence-corrected chi connectivity index (χ2v) is 5.25. The molecule has 0 spiro atoms. The van der Waals surface area contributed by atoms with Crippen LogP contribution in [0.5, 0.6) is 17.2 Å². The Morgan fingerprint density at radius 2 is 1.64 bits per heavy atom. The molecule has 1 amide bonds. The molecule has 3 rings (SSSR count). The van der Waals surface area contributed by atoms with Crippen molar-refractivity contribution in [2.24, 2.45) is 0 Å². The van der Waals surface area contributed by atoms with Crippen molar-refractivity contribution < 1.29 is 19.4 Å². The highest BCUT2D eigenvalue weighted by Crippen LogP contribution is 2.27. The molecule has 5 nitrogen and oxygen atoms in total. The Kier molecular flexibility index (Phi) is 4.76.